The number of benzene rings is 8. The zero-order chi connectivity index (χ0) is 31.9. The van der Waals surface area contributed by atoms with Crippen LogP contribution in [0.1, 0.15) is 0 Å². The van der Waals surface area contributed by atoms with Crippen molar-refractivity contribution in [3.05, 3.63) is 182 Å². The lowest BCUT2D eigenvalue weighted by atomic mass is 9.99. The number of rotatable bonds is 6. The zero-order valence-electron chi connectivity index (χ0n) is 26.1. The van der Waals surface area contributed by atoms with E-state index in [-0.39, 0.29) is 0 Å². The highest BCUT2D eigenvalue weighted by Crippen LogP contribution is 2.38. The number of hydrogen-bond acceptors (Lipinski definition) is 3. The van der Waals surface area contributed by atoms with Gasteiger partial charge in [-0.2, -0.15) is 0 Å². The van der Waals surface area contributed by atoms with Crippen molar-refractivity contribution in [1.82, 2.24) is 4.98 Å². The Bertz CT molecular complexity index is 2540. The van der Waals surface area contributed by atoms with Gasteiger partial charge >= 0.3 is 0 Å². The van der Waals surface area contributed by atoms with E-state index in [4.69, 9.17) is 9.40 Å². The average Bonchev–Trinajstić information content (AvgIpc) is 3.61. The molecule has 8 aromatic carbocycles. The summed E-state index contributed by atoms with van der Waals surface area (Å²) < 4.78 is 6.17. The van der Waals surface area contributed by atoms with Crippen LogP contribution in [0.25, 0.3) is 66.4 Å². The Hall–Kier alpha value is -6.45. The molecule has 0 saturated heterocycles. The van der Waals surface area contributed by atoms with E-state index in [0.29, 0.717) is 5.89 Å². The number of aromatic nitrogens is 1. The summed E-state index contributed by atoms with van der Waals surface area (Å²) in [4.78, 5) is 7.22. The van der Waals surface area contributed by atoms with Gasteiger partial charge in [-0.3, -0.25) is 0 Å². The van der Waals surface area contributed by atoms with Crippen molar-refractivity contribution >= 4 is 49.7 Å². The predicted molar refractivity (Wildman–Crippen MR) is 200 cm³/mol. The fourth-order valence-corrected chi connectivity index (χ4v) is 6.59. The number of oxazole rings is 1. The maximum atomic E-state index is 6.17. The summed E-state index contributed by atoms with van der Waals surface area (Å²) >= 11 is 0. The summed E-state index contributed by atoms with van der Waals surface area (Å²) in [6.07, 6.45) is 0. The van der Waals surface area contributed by atoms with E-state index >= 15 is 0 Å². The smallest absolute Gasteiger partial charge is 0.227 e. The van der Waals surface area contributed by atoms with Crippen molar-refractivity contribution in [3.63, 3.8) is 0 Å². The van der Waals surface area contributed by atoms with Gasteiger partial charge < -0.3 is 9.32 Å². The molecule has 0 atom stereocenters. The third-order valence-electron chi connectivity index (χ3n) is 9.08. The molecule has 0 unspecified atom stereocenters. The molecule has 0 spiro atoms. The van der Waals surface area contributed by atoms with Crippen LogP contribution in [0.5, 0.6) is 0 Å². The van der Waals surface area contributed by atoms with E-state index in [1.54, 1.807) is 0 Å². The molecular weight excluding hydrogens is 585 g/mol. The first-order chi connectivity index (χ1) is 23.8. The summed E-state index contributed by atoms with van der Waals surface area (Å²) in [7, 11) is 0. The third-order valence-corrected chi connectivity index (χ3v) is 9.08. The summed E-state index contributed by atoms with van der Waals surface area (Å²) in [5.74, 6) is 0.638. The van der Waals surface area contributed by atoms with E-state index in [0.717, 1.165) is 55.6 Å². The second-order valence-corrected chi connectivity index (χ2v) is 12.1. The molecule has 3 heteroatoms. The topological polar surface area (TPSA) is 29.3 Å². The molecule has 0 aliphatic rings. The van der Waals surface area contributed by atoms with Crippen molar-refractivity contribution in [1.29, 1.82) is 0 Å². The van der Waals surface area contributed by atoms with E-state index in [2.05, 4.69) is 150 Å². The highest BCUT2D eigenvalue weighted by molar-refractivity contribution is 6.05. The summed E-state index contributed by atoms with van der Waals surface area (Å²) in [6, 6.07) is 64.1. The standard InChI is InChI=1S/C45H30N2O/c1-3-10-35(11-4-1)45-46-44-42-30-38(18-16-34(42)23-28-43(44)48-45)33-21-26-41(27-22-33)47(39-13-5-2-6-14-39)40-24-19-32(20-25-40)37-17-15-31-9-7-8-12-36(31)29-37/h1-30H. The molecular formula is C45H30N2O. The molecule has 0 aliphatic heterocycles. The fourth-order valence-electron chi connectivity index (χ4n) is 6.59. The molecule has 226 valence electrons. The van der Waals surface area contributed by atoms with Gasteiger partial charge in [-0.05, 0) is 105 Å². The molecule has 0 fully saturated rings. The minimum absolute atomic E-state index is 0.638. The molecule has 0 saturated carbocycles. The third kappa shape index (κ3) is 5.08. The van der Waals surface area contributed by atoms with Gasteiger partial charge in [-0.15, -0.1) is 0 Å². The Morgan fingerprint density at radius 2 is 0.896 bits per heavy atom. The lowest BCUT2D eigenvalue weighted by molar-refractivity contribution is 0.620. The van der Waals surface area contributed by atoms with E-state index in [1.807, 2.05) is 36.4 Å². The van der Waals surface area contributed by atoms with Crippen LogP contribution in [-0.4, -0.2) is 4.98 Å². The first-order valence-electron chi connectivity index (χ1n) is 16.2. The van der Waals surface area contributed by atoms with E-state index in [9.17, 15) is 0 Å². The van der Waals surface area contributed by atoms with Crippen LogP contribution in [0.15, 0.2) is 186 Å². The largest absolute Gasteiger partial charge is 0.436 e. The Morgan fingerprint density at radius 3 is 1.58 bits per heavy atom. The molecule has 1 heterocycles. The number of fused-ring (bicyclic) bond motifs is 4. The molecule has 0 N–H and O–H groups in total. The molecule has 9 aromatic rings. The van der Waals surface area contributed by atoms with Crippen LogP contribution < -0.4 is 4.90 Å². The fraction of sp³-hybridized carbons (Fsp3) is 0. The number of hydrogen-bond donors (Lipinski definition) is 0. The summed E-state index contributed by atoms with van der Waals surface area (Å²) in [6.45, 7) is 0. The Labute approximate surface area is 279 Å². The molecule has 3 nitrogen and oxygen atoms in total. The van der Waals surface area contributed by atoms with Gasteiger partial charge in [0.05, 0.1) is 0 Å². The molecule has 48 heavy (non-hydrogen) atoms. The van der Waals surface area contributed by atoms with Gasteiger partial charge in [0.25, 0.3) is 0 Å². The molecule has 0 aliphatic carbocycles. The van der Waals surface area contributed by atoms with Gasteiger partial charge in [0.1, 0.15) is 5.52 Å². The van der Waals surface area contributed by atoms with Crippen LogP contribution in [0.4, 0.5) is 17.1 Å². The minimum Gasteiger partial charge on any atom is -0.436 e. The van der Waals surface area contributed by atoms with E-state index in [1.165, 1.54) is 21.9 Å². The van der Waals surface area contributed by atoms with Crippen LogP contribution in [0.2, 0.25) is 0 Å². The van der Waals surface area contributed by atoms with Gasteiger partial charge in [0.2, 0.25) is 5.89 Å². The number of nitrogens with zero attached hydrogens (tertiary/aromatic N) is 2. The average molecular weight is 615 g/mol. The Kier molecular flexibility index (Phi) is 6.80. The zero-order valence-corrected chi connectivity index (χ0v) is 26.1. The second-order valence-electron chi connectivity index (χ2n) is 12.1. The molecule has 0 amide bonds. The van der Waals surface area contributed by atoms with Crippen molar-refractivity contribution < 1.29 is 4.42 Å². The summed E-state index contributed by atoms with van der Waals surface area (Å²) in [5.41, 5.74) is 10.6. The first kappa shape index (κ1) is 27.8. The van der Waals surface area contributed by atoms with Crippen LogP contribution in [-0.2, 0) is 0 Å². The minimum atomic E-state index is 0.638. The summed E-state index contributed by atoms with van der Waals surface area (Å²) in [5, 5.41) is 4.72. The maximum absolute atomic E-state index is 6.17. The van der Waals surface area contributed by atoms with Crippen molar-refractivity contribution in [3.8, 4) is 33.7 Å². The predicted octanol–water partition coefficient (Wildman–Crippen LogP) is 12.6. The SMILES string of the molecule is c1ccc(-c2nc3c(ccc4ccc(-c5ccc(N(c6ccccc6)c6ccc(-c7ccc8ccccc8c7)cc6)cc5)cc43)o2)cc1. The highest BCUT2D eigenvalue weighted by Gasteiger charge is 2.15. The number of para-hydroxylation sites is 1. The van der Waals surface area contributed by atoms with E-state index < -0.39 is 0 Å². The van der Waals surface area contributed by atoms with Crippen LogP contribution in [0.3, 0.4) is 0 Å². The lowest BCUT2D eigenvalue weighted by Gasteiger charge is -2.26. The lowest BCUT2D eigenvalue weighted by Crippen LogP contribution is -2.09. The number of anilines is 3. The van der Waals surface area contributed by atoms with Crippen molar-refractivity contribution in [2.45, 2.75) is 0 Å². The molecule has 9 rings (SSSR count). The molecule has 1 aromatic heterocycles. The normalized spacial score (nSPS) is 11.3. The monoisotopic (exact) mass is 614 g/mol. The van der Waals surface area contributed by atoms with Gasteiger partial charge in [0, 0.05) is 28.0 Å². The second kappa shape index (κ2) is 11.7. The van der Waals surface area contributed by atoms with Crippen LogP contribution >= 0.6 is 0 Å². The molecule has 0 radical (unpaired) electrons. The van der Waals surface area contributed by atoms with Crippen LogP contribution in [0, 0.1) is 0 Å². The quantitative estimate of drug-likeness (QED) is 0.187. The van der Waals surface area contributed by atoms with Gasteiger partial charge in [0.15, 0.2) is 5.58 Å². The Morgan fingerprint density at radius 1 is 0.375 bits per heavy atom. The maximum Gasteiger partial charge on any atom is 0.227 e. The van der Waals surface area contributed by atoms with Crippen molar-refractivity contribution in [2.75, 3.05) is 4.90 Å². The molecule has 0 bridgehead atoms. The van der Waals surface area contributed by atoms with Crippen molar-refractivity contribution in [2.24, 2.45) is 0 Å². The van der Waals surface area contributed by atoms with Gasteiger partial charge in [-0.1, -0.05) is 115 Å². The highest BCUT2D eigenvalue weighted by atomic mass is 16.3. The van der Waals surface area contributed by atoms with Gasteiger partial charge in [-0.25, -0.2) is 4.98 Å². The first-order valence-corrected chi connectivity index (χ1v) is 16.2. The Balaban J connectivity index is 1.06.